The second-order valence-corrected chi connectivity index (χ2v) is 5.35. The number of nitrogens with one attached hydrogen (secondary N) is 1. The van der Waals surface area contributed by atoms with Crippen molar-refractivity contribution in [2.24, 2.45) is 0 Å². The van der Waals surface area contributed by atoms with Gasteiger partial charge >= 0.3 is 0 Å². The molecule has 1 aliphatic rings. The summed E-state index contributed by atoms with van der Waals surface area (Å²) in [6, 6.07) is 17.0. The van der Waals surface area contributed by atoms with Crippen LogP contribution in [0.2, 0.25) is 0 Å². The predicted molar refractivity (Wildman–Crippen MR) is 83.6 cm³/mol. The van der Waals surface area contributed by atoms with Gasteiger partial charge in [-0.3, -0.25) is 0 Å². The fraction of sp³-hybridized carbons (Fsp3) is 0.333. The van der Waals surface area contributed by atoms with E-state index in [4.69, 9.17) is 4.74 Å². The smallest absolute Gasteiger partial charge is 0.122 e. The maximum atomic E-state index is 5.44. The van der Waals surface area contributed by atoms with Crippen LogP contribution in [0, 0.1) is 0 Å². The van der Waals surface area contributed by atoms with Crippen molar-refractivity contribution in [2.45, 2.75) is 25.2 Å². The highest BCUT2D eigenvalue weighted by Crippen LogP contribution is 2.35. The van der Waals surface area contributed by atoms with Gasteiger partial charge in [-0.25, -0.2) is 0 Å². The lowest BCUT2D eigenvalue weighted by Gasteiger charge is -2.26. The molecular weight excluding hydrogens is 246 g/mol. The van der Waals surface area contributed by atoms with Crippen LogP contribution in [0.25, 0.3) is 0 Å². The Bertz CT molecular complexity index is 579. The van der Waals surface area contributed by atoms with Crippen molar-refractivity contribution in [3.8, 4) is 5.75 Å². The minimum atomic E-state index is 0.650. The molecule has 3 rings (SSSR count). The minimum Gasteiger partial charge on any atom is -0.496 e. The quantitative estimate of drug-likeness (QED) is 0.895. The zero-order valence-corrected chi connectivity index (χ0v) is 11.9. The molecule has 2 nitrogen and oxygen atoms in total. The molecule has 0 aliphatic carbocycles. The van der Waals surface area contributed by atoms with Crippen LogP contribution in [0.4, 0.5) is 5.69 Å². The summed E-state index contributed by atoms with van der Waals surface area (Å²) in [5, 5.41) is 3.49. The van der Waals surface area contributed by atoms with E-state index in [1.165, 1.54) is 29.7 Å². The second kappa shape index (κ2) is 6.00. The molecule has 0 radical (unpaired) electrons. The van der Waals surface area contributed by atoms with Gasteiger partial charge in [0.25, 0.3) is 0 Å². The molecule has 0 saturated carbocycles. The zero-order valence-electron chi connectivity index (χ0n) is 11.9. The van der Waals surface area contributed by atoms with Crippen molar-refractivity contribution < 1.29 is 4.74 Å². The van der Waals surface area contributed by atoms with Crippen LogP contribution in [-0.2, 0) is 6.42 Å². The summed E-state index contributed by atoms with van der Waals surface area (Å²) in [6.07, 6.45) is 3.47. The molecule has 0 unspecified atom stereocenters. The van der Waals surface area contributed by atoms with E-state index in [0.717, 1.165) is 18.7 Å². The van der Waals surface area contributed by atoms with E-state index in [2.05, 4.69) is 41.7 Å². The third kappa shape index (κ3) is 2.64. The van der Waals surface area contributed by atoms with Crippen LogP contribution >= 0.6 is 0 Å². The monoisotopic (exact) mass is 267 g/mol. The number of hydrogen-bond donors (Lipinski definition) is 1. The first-order valence-corrected chi connectivity index (χ1v) is 7.33. The van der Waals surface area contributed by atoms with E-state index in [1.807, 2.05) is 12.1 Å². The molecule has 104 valence electrons. The van der Waals surface area contributed by atoms with Gasteiger partial charge in [0, 0.05) is 12.2 Å². The highest BCUT2D eigenvalue weighted by molar-refractivity contribution is 5.54. The van der Waals surface area contributed by atoms with Crippen LogP contribution in [0.3, 0.4) is 0 Å². The van der Waals surface area contributed by atoms with E-state index in [-0.39, 0.29) is 0 Å². The average molecular weight is 267 g/mol. The van der Waals surface area contributed by atoms with Gasteiger partial charge in [0.2, 0.25) is 0 Å². The molecule has 1 N–H and O–H groups in total. The SMILES string of the molecule is COc1ccccc1CC[C@H]1CCNc2ccccc21. The molecular formula is C18H21NO. The normalized spacial score (nSPS) is 17.1. The molecule has 1 atom stereocenters. The molecule has 0 bridgehead atoms. The summed E-state index contributed by atoms with van der Waals surface area (Å²) in [5.41, 5.74) is 4.09. The van der Waals surface area contributed by atoms with E-state index < -0.39 is 0 Å². The average Bonchev–Trinajstić information content (AvgIpc) is 2.53. The molecule has 0 amide bonds. The van der Waals surface area contributed by atoms with Crippen LogP contribution in [-0.4, -0.2) is 13.7 Å². The van der Waals surface area contributed by atoms with Crippen molar-refractivity contribution in [1.82, 2.24) is 0 Å². The summed E-state index contributed by atoms with van der Waals surface area (Å²) in [6.45, 7) is 1.08. The first-order valence-electron chi connectivity index (χ1n) is 7.33. The Balaban J connectivity index is 1.73. The fourth-order valence-electron chi connectivity index (χ4n) is 3.09. The van der Waals surface area contributed by atoms with Gasteiger partial charge in [-0.15, -0.1) is 0 Å². The summed E-state index contributed by atoms with van der Waals surface area (Å²) in [5.74, 6) is 1.66. The lowest BCUT2D eigenvalue weighted by Crippen LogP contribution is -2.17. The number of ether oxygens (including phenoxy) is 1. The van der Waals surface area contributed by atoms with Crippen LogP contribution in [0.1, 0.15) is 29.9 Å². The Labute approximate surface area is 120 Å². The highest BCUT2D eigenvalue weighted by Gasteiger charge is 2.19. The number of fused-ring (bicyclic) bond motifs is 1. The Hall–Kier alpha value is -1.96. The summed E-state index contributed by atoms with van der Waals surface area (Å²) >= 11 is 0. The molecule has 2 aromatic rings. The van der Waals surface area contributed by atoms with E-state index in [9.17, 15) is 0 Å². The maximum Gasteiger partial charge on any atom is 0.122 e. The molecule has 2 heteroatoms. The lowest BCUT2D eigenvalue weighted by molar-refractivity contribution is 0.408. The summed E-state index contributed by atoms with van der Waals surface area (Å²) in [7, 11) is 1.75. The molecule has 1 heterocycles. The molecule has 20 heavy (non-hydrogen) atoms. The molecule has 0 spiro atoms. The molecule has 0 aromatic heterocycles. The van der Waals surface area contributed by atoms with Gasteiger partial charge in [0.15, 0.2) is 0 Å². The van der Waals surface area contributed by atoms with Crippen molar-refractivity contribution >= 4 is 5.69 Å². The number of anilines is 1. The number of para-hydroxylation sites is 2. The minimum absolute atomic E-state index is 0.650. The van der Waals surface area contributed by atoms with Gasteiger partial charge in [-0.2, -0.15) is 0 Å². The van der Waals surface area contributed by atoms with Crippen molar-refractivity contribution in [1.29, 1.82) is 0 Å². The van der Waals surface area contributed by atoms with Gasteiger partial charge in [-0.05, 0) is 48.4 Å². The van der Waals surface area contributed by atoms with Crippen LogP contribution in [0.15, 0.2) is 48.5 Å². The first-order chi connectivity index (χ1) is 9.88. The zero-order chi connectivity index (χ0) is 13.8. The molecule has 0 fully saturated rings. The van der Waals surface area contributed by atoms with Crippen molar-refractivity contribution in [3.05, 3.63) is 59.7 Å². The first kappa shape index (κ1) is 13.0. The fourth-order valence-corrected chi connectivity index (χ4v) is 3.09. The Kier molecular flexibility index (Phi) is 3.91. The number of benzene rings is 2. The number of aryl methyl sites for hydroxylation is 1. The summed E-state index contributed by atoms with van der Waals surface area (Å²) < 4.78 is 5.44. The maximum absolute atomic E-state index is 5.44. The van der Waals surface area contributed by atoms with Crippen LogP contribution < -0.4 is 10.1 Å². The molecule has 1 aliphatic heterocycles. The Morgan fingerprint density at radius 1 is 1.10 bits per heavy atom. The lowest BCUT2D eigenvalue weighted by atomic mass is 9.86. The topological polar surface area (TPSA) is 21.3 Å². The van der Waals surface area contributed by atoms with Gasteiger partial charge in [-0.1, -0.05) is 36.4 Å². The summed E-state index contributed by atoms with van der Waals surface area (Å²) in [4.78, 5) is 0. The third-order valence-corrected chi connectivity index (χ3v) is 4.16. The van der Waals surface area contributed by atoms with Gasteiger partial charge < -0.3 is 10.1 Å². The number of rotatable bonds is 4. The highest BCUT2D eigenvalue weighted by atomic mass is 16.5. The van der Waals surface area contributed by atoms with Gasteiger partial charge in [0.05, 0.1) is 7.11 Å². The molecule has 2 aromatic carbocycles. The predicted octanol–water partition coefficient (Wildman–Crippen LogP) is 4.23. The number of methoxy groups -OCH3 is 1. The van der Waals surface area contributed by atoms with Crippen molar-refractivity contribution in [2.75, 3.05) is 19.0 Å². The van der Waals surface area contributed by atoms with E-state index >= 15 is 0 Å². The molecule has 0 saturated heterocycles. The van der Waals surface area contributed by atoms with Gasteiger partial charge in [0.1, 0.15) is 5.75 Å². The van der Waals surface area contributed by atoms with Crippen molar-refractivity contribution in [3.63, 3.8) is 0 Å². The Morgan fingerprint density at radius 3 is 2.80 bits per heavy atom. The number of hydrogen-bond acceptors (Lipinski definition) is 2. The Morgan fingerprint density at radius 2 is 1.90 bits per heavy atom. The third-order valence-electron chi connectivity index (χ3n) is 4.16. The van der Waals surface area contributed by atoms with Crippen LogP contribution in [0.5, 0.6) is 5.75 Å². The van der Waals surface area contributed by atoms with E-state index in [0.29, 0.717) is 5.92 Å². The van der Waals surface area contributed by atoms with E-state index in [1.54, 1.807) is 7.11 Å². The standard InChI is InChI=1S/C18H21NO/c1-20-18-9-5-2-6-15(18)11-10-14-12-13-19-17-8-4-3-7-16(14)17/h2-9,14,19H,10-13H2,1H3/t14-/m0/s1. The second-order valence-electron chi connectivity index (χ2n) is 5.35. The largest absolute Gasteiger partial charge is 0.496 e.